The second-order valence-electron chi connectivity index (χ2n) is 4.86. The summed E-state index contributed by atoms with van der Waals surface area (Å²) in [6, 6.07) is 7.77. The quantitative estimate of drug-likeness (QED) is 0.725. The summed E-state index contributed by atoms with van der Waals surface area (Å²) in [5.41, 5.74) is 1.15. The molecule has 0 aliphatic carbocycles. The number of aliphatic hydroxyl groups excluding tert-OH is 2. The van der Waals surface area contributed by atoms with Crippen molar-refractivity contribution < 1.29 is 10.2 Å². The molecule has 17 heavy (non-hydrogen) atoms. The van der Waals surface area contributed by atoms with Gasteiger partial charge in [0.25, 0.3) is 0 Å². The van der Waals surface area contributed by atoms with E-state index in [2.05, 4.69) is 19.2 Å². The molecule has 0 spiro atoms. The van der Waals surface area contributed by atoms with Crippen molar-refractivity contribution in [1.82, 2.24) is 5.32 Å². The number of aliphatic hydroxyl groups is 2. The van der Waals surface area contributed by atoms with Gasteiger partial charge in [-0.05, 0) is 17.7 Å². The highest BCUT2D eigenvalue weighted by atomic mass is 35.5. The molecule has 0 bridgehead atoms. The molecule has 96 valence electrons. The van der Waals surface area contributed by atoms with Crippen LogP contribution in [0.5, 0.6) is 0 Å². The van der Waals surface area contributed by atoms with Crippen LogP contribution in [0.1, 0.15) is 19.4 Å². The Balaban J connectivity index is 2.53. The minimum atomic E-state index is -0.698. The van der Waals surface area contributed by atoms with Gasteiger partial charge >= 0.3 is 0 Å². The maximum atomic E-state index is 9.23. The second-order valence-corrected chi connectivity index (χ2v) is 5.29. The van der Waals surface area contributed by atoms with Crippen molar-refractivity contribution in [2.24, 2.45) is 0 Å². The van der Waals surface area contributed by atoms with E-state index in [4.69, 9.17) is 16.7 Å². The van der Waals surface area contributed by atoms with Gasteiger partial charge in [0, 0.05) is 23.5 Å². The maximum absolute atomic E-state index is 9.23. The van der Waals surface area contributed by atoms with Gasteiger partial charge in [0.15, 0.2) is 0 Å². The Morgan fingerprint density at radius 2 is 1.88 bits per heavy atom. The molecule has 1 aromatic rings. The van der Waals surface area contributed by atoms with Gasteiger partial charge in [-0.25, -0.2) is 0 Å². The molecule has 0 aliphatic heterocycles. The summed E-state index contributed by atoms with van der Waals surface area (Å²) < 4.78 is 0. The summed E-state index contributed by atoms with van der Waals surface area (Å²) >= 11 is 5.85. The third kappa shape index (κ3) is 4.64. The summed E-state index contributed by atoms with van der Waals surface area (Å²) in [4.78, 5) is 0. The first-order valence-electron chi connectivity index (χ1n) is 5.71. The fraction of sp³-hybridized carbons (Fsp3) is 0.538. The highest BCUT2D eigenvalue weighted by Gasteiger charge is 2.20. The van der Waals surface area contributed by atoms with Gasteiger partial charge in [-0.15, -0.1) is 0 Å². The summed E-state index contributed by atoms with van der Waals surface area (Å²) in [5, 5.41) is 21.8. The zero-order chi connectivity index (χ0) is 12.9. The standard InChI is InChI=1S/C13H20ClNO2/c1-13(2,9-15-7-12(17)8-16)10-3-5-11(14)6-4-10/h3-6,12,15-17H,7-9H2,1-2H3. The first-order chi connectivity index (χ1) is 7.95. The van der Waals surface area contributed by atoms with E-state index in [9.17, 15) is 5.11 Å². The van der Waals surface area contributed by atoms with E-state index in [1.165, 1.54) is 5.56 Å². The van der Waals surface area contributed by atoms with Gasteiger partial charge in [-0.1, -0.05) is 37.6 Å². The van der Waals surface area contributed by atoms with Crippen LogP contribution in [0.4, 0.5) is 0 Å². The fourth-order valence-electron chi connectivity index (χ4n) is 1.62. The Kier molecular flexibility index (Phi) is 5.40. The van der Waals surface area contributed by atoms with Gasteiger partial charge in [-0.3, -0.25) is 0 Å². The van der Waals surface area contributed by atoms with Crippen molar-refractivity contribution in [1.29, 1.82) is 0 Å². The average molecular weight is 258 g/mol. The van der Waals surface area contributed by atoms with Gasteiger partial charge in [-0.2, -0.15) is 0 Å². The van der Waals surface area contributed by atoms with Gasteiger partial charge in [0.05, 0.1) is 12.7 Å². The van der Waals surface area contributed by atoms with E-state index in [0.29, 0.717) is 6.54 Å². The predicted octanol–water partition coefficient (Wildman–Crippen LogP) is 1.56. The first-order valence-corrected chi connectivity index (χ1v) is 6.09. The minimum absolute atomic E-state index is 0.0419. The lowest BCUT2D eigenvalue weighted by Gasteiger charge is -2.26. The third-order valence-electron chi connectivity index (χ3n) is 2.78. The third-order valence-corrected chi connectivity index (χ3v) is 3.04. The number of hydrogen-bond acceptors (Lipinski definition) is 3. The van der Waals surface area contributed by atoms with Crippen molar-refractivity contribution in [3.63, 3.8) is 0 Å². The minimum Gasteiger partial charge on any atom is -0.394 e. The lowest BCUT2D eigenvalue weighted by atomic mass is 9.84. The second kappa shape index (κ2) is 6.36. The van der Waals surface area contributed by atoms with Crippen molar-refractivity contribution in [3.05, 3.63) is 34.9 Å². The molecule has 0 saturated heterocycles. The van der Waals surface area contributed by atoms with E-state index < -0.39 is 6.10 Å². The largest absolute Gasteiger partial charge is 0.394 e. The Morgan fingerprint density at radius 1 is 1.29 bits per heavy atom. The van der Waals surface area contributed by atoms with Crippen LogP contribution in [0.15, 0.2) is 24.3 Å². The predicted molar refractivity (Wildman–Crippen MR) is 70.4 cm³/mol. The normalized spacial score (nSPS) is 13.7. The number of benzene rings is 1. The van der Waals surface area contributed by atoms with Crippen LogP contribution in [0.3, 0.4) is 0 Å². The van der Waals surface area contributed by atoms with Crippen LogP contribution in [0, 0.1) is 0 Å². The number of nitrogens with one attached hydrogen (secondary N) is 1. The van der Waals surface area contributed by atoms with Crippen molar-refractivity contribution >= 4 is 11.6 Å². The lowest BCUT2D eigenvalue weighted by molar-refractivity contribution is 0.0934. The zero-order valence-electron chi connectivity index (χ0n) is 10.3. The lowest BCUT2D eigenvalue weighted by Crippen LogP contribution is -2.38. The summed E-state index contributed by atoms with van der Waals surface area (Å²) in [7, 11) is 0. The van der Waals surface area contributed by atoms with Gasteiger partial charge in [0.1, 0.15) is 0 Å². The molecule has 3 N–H and O–H groups in total. The first kappa shape index (κ1) is 14.5. The van der Waals surface area contributed by atoms with E-state index >= 15 is 0 Å². The molecule has 0 aliphatic rings. The monoisotopic (exact) mass is 257 g/mol. The van der Waals surface area contributed by atoms with E-state index in [-0.39, 0.29) is 12.0 Å². The molecule has 1 unspecified atom stereocenters. The van der Waals surface area contributed by atoms with Crippen LogP contribution in [-0.2, 0) is 5.41 Å². The molecular formula is C13H20ClNO2. The van der Waals surface area contributed by atoms with Crippen molar-refractivity contribution in [2.45, 2.75) is 25.4 Å². The smallest absolute Gasteiger partial charge is 0.0894 e. The highest BCUT2D eigenvalue weighted by Crippen LogP contribution is 2.23. The molecular weight excluding hydrogens is 238 g/mol. The zero-order valence-corrected chi connectivity index (χ0v) is 11.0. The Labute approximate surface area is 107 Å². The Bertz CT molecular complexity index is 338. The molecule has 1 rings (SSSR count). The SMILES string of the molecule is CC(C)(CNCC(O)CO)c1ccc(Cl)cc1. The van der Waals surface area contributed by atoms with Crippen LogP contribution >= 0.6 is 11.6 Å². The van der Waals surface area contributed by atoms with Crippen LogP contribution in [-0.4, -0.2) is 36.0 Å². The number of rotatable bonds is 6. The maximum Gasteiger partial charge on any atom is 0.0894 e. The van der Waals surface area contributed by atoms with E-state index in [1.807, 2.05) is 24.3 Å². The van der Waals surface area contributed by atoms with E-state index in [1.54, 1.807) is 0 Å². The van der Waals surface area contributed by atoms with Gasteiger partial charge in [0.2, 0.25) is 0 Å². The molecule has 0 aromatic heterocycles. The molecule has 4 heteroatoms. The van der Waals surface area contributed by atoms with Crippen molar-refractivity contribution in [3.8, 4) is 0 Å². The Hall–Kier alpha value is -0.610. The summed E-state index contributed by atoms with van der Waals surface area (Å²) in [6.45, 7) is 5.15. The van der Waals surface area contributed by atoms with Crippen LogP contribution in [0.25, 0.3) is 0 Å². The van der Waals surface area contributed by atoms with Crippen LogP contribution in [0.2, 0.25) is 5.02 Å². The van der Waals surface area contributed by atoms with Crippen molar-refractivity contribution in [2.75, 3.05) is 19.7 Å². The highest BCUT2D eigenvalue weighted by molar-refractivity contribution is 6.30. The number of hydrogen-bond donors (Lipinski definition) is 3. The molecule has 1 atom stereocenters. The molecule has 0 fully saturated rings. The molecule has 3 nitrogen and oxygen atoms in total. The molecule has 0 heterocycles. The average Bonchev–Trinajstić information content (AvgIpc) is 2.29. The summed E-state index contributed by atoms with van der Waals surface area (Å²) in [6.07, 6.45) is -0.698. The summed E-state index contributed by atoms with van der Waals surface area (Å²) in [5.74, 6) is 0. The van der Waals surface area contributed by atoms with Gasteiger partial charge < -0.3 is 15.5 Å². The van der Waals surface area contributed by atoms with E-state index in [0.717, 1.165) is 11.6 Å². The molecule has 0 amide bonds. The molecule has 0 radical (unpaired) electrons. The fourth-order valence-corrected chi connectivity index (χ4v) is 1.74. The Morgan fingerprint density at radius 3 is 2.41 bits per heavy atom. The number of halogens is 1. The molecule has 0 saturated carbocycles. The van der Waals surface area contributed by atoms with Crippen LogP contribution < -0.4 is 5.32 Å². The molecule has 1 aromatic carbocycles. The topological polar surface area (TPSA) is 52.5 Å².